The summed E-state index contributed by atoms with van der Waals surface area (Å²) in [5.41, 5.74) is 0.774. The molecule has 0 bridgehead atoms. The van der Waals surface area contributed by atoms with Crippen LogP contribution in [0.25, 0.3) is 0 Å². The van der Waals surface area contributed by atoms with Gasteiger partial charge in [-0.05, 0) is 51.5 Å². The first-order chi connectivity index (χ1) is 14.6. The molecule has 2 rings (SSSR count). The molecule has 178 valence electrons. The van der Waals surface area contributed by atoms with Crippen LogP contribution in [0.1, 0.15) is 33.3 Å². The Hall–Kier alpha value is -2.05. The third-order valence-corrected chi connectivity index (χ3v) is 5.96. The molecule has 2 aromatic carbocycles. The van der Waals surface area contributed by atoms with E-state index in [1.54, 1.807) is 50.6 Å². The van der Waals surface area contributed by atoms with E-state index in [1.165, 1.54) is 0 Å². The highest BCUT2D eigenvalue weighted by Gasteiger charge is 2.24. The highest BCUT2D eigenvalue weighted by atomic mass is 127. The van der Waals surface area contributed by atoms with E-state index >= 15 is 0 Å². The summed E-state index contributed by atoms with van der Waals surface area (Å²) < 4.78 is 39.0. The van der Waals surface area contributed by atoms with Crippen LogP contribution in [0, 0.1) is 0 Å². The highest BCUT2D eigenvalue weighted by molar-refractivity contribution is 14.0. The van der Waals surface area contributed by atoms with Crippen LogP contribution in [0.2, 0.25) is 0 Å². The lowest BCUT2D eigenvalue weighted by molar-refractivity contribution is 0.355. The van der Waals surface area contributed by atoms with Crippen LogP contribution in [-0.2, 0) is 16.6 Å². The summed E-state index contributed by atoms with van der Waals surface area (Å²) in [6.07, 6.45) is 0. The van der Waals surface area contributed by atoms with Gasteiger partial charge in [-0.25, -0.2) is 18.1 Å². The van der Waals surface area contributed by atoms with E-state index < -0.39 is 15.6 Å². The number of ether oxygens (including phenoxy) is 2. The number of aliphatic imine (C=N–C) groups is 1. The molecule has 3 N–H and O–H groups in total. The maximum absolute atomic E-state index is 12.8. The zero-order chi connectivity index (χ0) is 23.1. The quantitative estimate of drug-likeness (QED) is 0.250. The molecular weight excluding hydrogens is 543 g/mol. The highest BCUT2D eigenvalue weighted by Crippen LogP contribution is 2.29. The van der Waals surface area contributed by atoms with Crippen molar-refractivity contribution >= 4 is 45.6 Å². The van der Waals surface area contributed by atoms with Gasteiger partial charge in [-0.1, -0.05) is 18.2 Å². The summed E-state index contributed by atoms with van der Waals surface area (Å²) in [5, 5.41) is 6.38. The van der Waals surface area contributed by atoms with Gasteiger partial charge in [0.1, 0.15) is 0 Å². The van der Waals surface area contributed by atoms with Crippen LogP contribution in [0.5, 0.6) is 11.5 Å². The number of hydrogen-bond acceptors (Lipinski definition) is 5. The molecule has 0 unspecified atom stereocenters. The van der Waals surface area contributed by atoms with Gasteiger partial charge in [0.25, 0.3) is 0 Å². The lowest BCUT2D eigenvalue weighted by Gasteiger charge is -2.21. The first kappa shape index (κ1) is 28.0. The molecule has 0 aliphatic carbocycles. The lowest BCUT2D eigenvalue weighted by Crippen LogP contribution is -2.40. The van der Waals surface area contributed by atoms with Crippen LogP contribution in [0.15, 0.2) is 52.4 Å². The summed E-state index contributed by atoms with van der Waals surface area (Å²) in [6.45, 7) is 8.21. The van der Waals surface area contributed by atoms with Crippen molar-refractivity contribution in [2.75, 3.05) is 26.1 Å². The van der Waals surface area contributed by atoms with Gasteiger partial charge < -0.3 is 20.1 Å². The molecule has 2 aromatic rings. The van der Waals surface area contributed by atoms with Crippen molar-refractivity contribution in [2.24, 2.45) is 4.99 Å². The van der Waals surface area contributed by atoms with E-state index in [-0.39, 0.29) is 35.4 Å². The van der Waals surface area contributed by atoms with Crippen LogP contribution in [0.3, 0.4) is 0 Å². The fraction of sp³-hybridized carbons (Fsp3) is 0.409. The molecule has 0 fully saturated rings. The number of anilines is 1. The smallest absolute Gasteiger partial charge is 0.241 e. The van der Waals surface area contributed by atoms with E-state index in [2.05, 4.69) is 20.3 Å². The van der Waals surface area contributed by atoms with Gasteiger partial charge in [0.05, 0.1) is 25.7 Å². The van der Waals surface area contributed by atoms with Crippen molar-refractivity contribution in [1.29, 1.82) is 0 Å². The first-order valence-electron chi connectivity index (χ1n) is 9.99. The number of hydrogen-bond donors (Lipinski definition) is 3. The van der Waals surface area contributed by atoms with Gasteiger partial charge in [-0.15, -0.1) is 24.0 Å². The monoisotopic (exact) mass is 576 g/mol. The van der Waals surface area contributed by atoms with Gasteiger partial charge in [0, 0.05) is 23.8 Å². The maximum Gasteiger partial charge on any atom is 0.241 e. The minimum atomic E-state index is -3.67. The van der Waals surface area contributed by atoms with Gasteiger partial charge >= 0.3 is 0 Å². The Bertz CT molecular complexity index is 1020. The summed E-state index contributed by atoms with van der Waals surface area (Å²) in [5.74, 6) is 1.74. The van der Waals surface area contributed by atoms with Gasteiger partial charge in [-0.2, -0.15) is 0 Å². The molecule has 0 atom stereocenters. The minimum Gasteiger partial charge on any atom is -0.493 e. The van der Waals surface area contributed by atoms with Crippen molar-refractivity contribution in [3.63, 3.8) is 0 Å². The van der Waals surface area contributed by atoms with Gasteiger partial charge in [0.2, 0.25) is 10.0 Å². The first-order valence-corrected chi connectivity index (χ1v) is 11.5. The summed E-state index contributed by atoms with van der Waals surface area (Å²) in [7, 11) is -0.522. The Kier molecular flexibility index (Phi) is 10.7. The van der Waals surface area contributed by atoms with Crippen LogP contribution >= 0.6 is 24.0 Å². The summed E-state index contributed by atoms with van der Waals surface area (Å²) >= 11 is 0. The molecule has 0 saturated carbocycles. The lowest BCUT2D eigenvalue weighted by atomic mass is 10.1. The molecule has 0 amide bonds. The number of halogens is 1. The van der Waals surface area contributed by atoms with Crippen molar-refractivity contribution in [3.05, 3.63) is 48.0 Å². The predicted molar refractivity (Wildman–Crippen MR) is 140 cm³/mol. The standard InChI is InChI=1S/C22H32N4O4S.HI/c1-7-23-21(25-17-12-13-18(29-5)19(14-17)30-6)24-15-16-10-8-9-11-20(16)31(27,28)26-22(2,3)4;/h8-14,26H,7,15H2,1-6H3,(H2,23,24,25);1H. The van der Waals surface area contributed by atoms with Crippen molar-refractivity contribution in [2.45, 2.75) is 44.7 Å². The third-order valence-electron chi connectivity index (χ3n) is 4.10. The Labute approximate surface area is 208 Å². The third kappa shape index (κ3) is 8.14. The molecule has 0 radical (unpaired) electrons. The maximum atomic E-state index is 12.8. The SMILES string of the molecule is CCNC(=NCc1ccccc1S(=O)(=O)NC(C)(C)C)Nc1ccc(OC)c(OC)c1.I. The van der Waals surface area contributed by atoms with Gasteiger partial charge in [-0.3, -0.25) is 0 Å². The second-order valence-corrected chi connectivity index (χ2v) is 9.50. The number of rotatable bonds is 8. The normalized spacial score (nSPS) is 12.0. The fourth-order valence-electron chi connectivity index (χ4n) is 2.88. The largest absolute Gasteiger partial charge is 0.493 e. The predicted octanol–water partition coefficient (Wildman–Crippen LogP) is 3.98. The van der Waals surface area contributed by atoms with E-state index in [0.717, 1.165) is 5.69 Å². The van der Waals surface area contributed by atoms with E-state index in [0.29, 0.717) is 29.6 Å². The second-order valence-electron chi connectivity index (χ2n) is 7.85. The second kappa shape index (κ2) is 12.3. The van der Waals surface area contributed by atoms with Gasteiger partial charge in [0.15, 0.2) is 17.5 Å². The molecule has 10 heteroatoms. The van der Waals surface area contributed by atoms with Crippen LogP contribution < -0.4 is 24.8 Å². The molecule has 8 nitrogen and oxygen atoms in total. The van der Waals surface area contributed by atoms with Crippen molar-refractivity contribution < 1.29 is 17.9 Å². The Morgan fingerprint density at radius 2 is 1.69 bits per heavy atom. The van der Waals surface area contributed by atoms with Crippen molar-refractivity contribution in [1.82, 2.24) is 10.0 Å². The summed E-state index contributed by atoms with van der Waals surface area (Å²) in [6, 6.07) is 12.3. The average Bonchev–Trinajstić information content (AvgIpc) is 2.70. The Morgan fingerprint density at radius 1 is 1.03 bits per heavy atom. The van der Waals surface area contributed by atoms with Crippen LogP contribution in [-0.4, -0.2) is 40.7 Å². The molecule has 0 aliphatic heterocycles. The molecule has 0 aromatic heterocycles. The van der Waals surface area contributed by atoms with E-state index in [4.69, 9.17) is 9.47 Å². The van der Waals surface area contributed by atoms with E-state index in [9.17, 15) is 8.42 Å². The van der Waals surface area contributed by atoms with Crippen LogP contribution in [0.4, 0.5) is 5.69 Å². The molecular formula is C22H33IN4O4S. The zero-order valence-corrected chi connectivity index (χ0v) is 22.5. The Balaban J connectivity index is 0.00000512. The molecule has 0 spiro atoms. The fourth-order valence-corrected chi connectivity index (χ4v) is 4.53. The average molecular weight is 577 g/mol. The zero-order valence-electron chi connectivity index (χ0n) is 19.4. The van der Waals surface area contributed by atoms with E-state index in [1.807, 2.05) is 33.8 Å². The number of nitrogens with one attached hydrogen (secondary N) is 3. The summed E-state index contributed by atoms with van der Waals surface area (Å²) in [4.78, 5) is 4.80. The molecule has 0 heterocycles. The Morgan fingerprint density at radius 3 is 2.28 bits per heavy atom. The number of guanidine groups is 1. The van der Waals surface area contributed by atoms with Crippen molar-refractivity contribution in [3.8, 4) is 11.5 Å². The number of benzene rings is 2. The molecule has 0 aliphatic rings. The number of nitrogens with zero attached hydrogens (tertiary/aromatic N) is 1. The molecule has 32 heavy (non-hydrogen) atoms. The minimum absolute atomic E-state index is 0. The number of sulfonamides is 1. The topological polar surface area (TPSA) is 101 Å². The molecule has 0 saturated heterocycles. The number of methoxy groups -OCH3 is 2.